The number of fused-ring (bicyclic) bond motifs is 1. The van der Waals surface area contributed by atoms with Gasteiger partial charge < -0.3 is 20.1 Å². The molecule has 0 radical (unpaired) electrons. The fourth-order valence-corrected chi connectivity index (χ4v) is 6.27. The number of benzene rings is 1. The van der Waals surface area contributed by atoms with E-state index >= 15 is 0 Å². The second-order valence-electron chi connectivity index (χ2n) is 10.9. The van der Waals surface area contributed by atoms with Crippen LogP contribution in [0.3, 0.4) is 0 Å². The summed E-state index contributed by atoms with van der Waals surface area (Å²) >= 11 is 5.86. The number of rotatable bonds is 5. The lowest BCUT2D eigenvalue weighted by Gasteiger charge is -2.25. The highest BCUT2D eigenvalue weighted by molar-refractivity contribution is 6.31. The van der Waals surface area contributed by atoms with Crippen LogP contribution in [-0.2, 0) is 25.3 Å². The summed E-state index contributed by atoms with van der Waals surface area (Å²) in [6.07, 6.45) is 4.48. The van der Waals surface area contributed by atoms with Crippen molar-refractivity contribution < 1.29 is 19.4 Å². The van der Waals surface area contributed by atoms with Gasteiger partial charge in [0.2, 0.25) is 0 Å². The van der Waals surface area contributed by atoms with Crippen molar-refractivity contribution in [3.05, 3.63) is 64.2 Å². The van der Waals surface area contributed by atoms with Crippen LogP contribution in [0.4, 0.5) is 10.1 Å². The van der Waals surface area contributed by atoms with Gasteiger partial charge in [-0.1, -0.05) is 11.6 Å². The largest absolute Gasteiger partial charge is 0.384 e. The number of imidazole rings is 1. The number of carbonyl (C=O) groups is 1. The minimum atomic E-state index is -1.08. The summed E-state index contributed by atoms with van der Waals surface area (Å²) in [7, 11) is 3.58. The Labute approximate surface area is 214 Å². The summed E-state index contributed by atoms with van der Waals surface area (Å²) in [5.41, 5.74) is 0.798. The van der Waals surface area contributed by atoms with Crippen molar-refractivity contribution in [3.8, 4) is 0 Å². The molecular weight excluding hydrogens is 485 g/mol. The zero-order valence-corrected chi connectivity index (χ0v) is 21.6. The Hall–Kier alpha value is -2.75. The third-order valence-electron chi connectivity index (χ3n) is 7.77. The third kappa shape index (κ3) is 4.33. The number of aromatic nitrogens is 4. The summed E-state index contributed by atoms with van der Waals surface area (Å²) in [5.74, 6) is -0.198. The Kier molecular flexibility index (Phi) is 6.01. The van der Waals surface area contributed by atoms with Gasteiger partial charge in [-0.3, -0.25) is 9.48 Å². The van der Waals surface area contributed by atoms with Crippen molar-refractivity contribution in [1.82, 2.24) is 19.3 Å². The fourth-order valence-electron chi connectivity index (χ4n) is 6.08. The van der Waals surface area contributed by atoms with Crippen LogP contribution in [0.25, 0.3) is 0 Å². The van der Waals surface area contributed by atoms with E-state index in [1.54, 1.807) is 49.6 Å². The minimum Gasteiger partial charge on any atom is -0.384 e. The molecule has 0 bridgehead atoms. The first kappa shape index (κ1) is 24.9. The van der Waals surface area contributed by atoms with Gasteiger partial charge in [-0.05, 0) is 75.6 Å². The topological polar surface area (TPSA) is 105 Å². The molecule has 1 amide bonds. The van der Waals surface area contributed by atoms with Crippen molar-refractivity contribution in [1.29, 1.82) is 0 Å². The van der Waals surface area contributed by atoms with E-state index in [4.69, 9.17) is 11.6 Å². The molecule has 2 heterocycles. The molecule has 36 heavy (non-hydrogen) atoms. The van der Waals surface area contributed by atoms with Gasteiger partial charge in [-0.2, -0.15) is 5.10 Å². The van der Waals surface area contributed by atoms with Gasteiger partial charge >= 0.3 is 0 Å². The minimum absolute atomic E-state index is 0.0581. The Morgan fingerprint density at radius 2 is 1.89 bits per heavy atom. The van der Waals surface area contributed by atoms with Gasteiger partial charge in [0, 0.05) is 25.7 Å². The van der Waals surface area contributed by atoms with Crippen LogP contribution in [0.15, 0.2) is 30.6 Å². The molecule has 2 aliphatic carbocycles. The van der Waals surface area contributed by atoms with E-state index in [0.29, 0.717) is 29.9 Å². The van der Waals surface area contributed by atoms with Crippen LogP contribution >= 0.6 is 11.6 Å². The second kappa shape index (κ2) is 8.68. The third-order valence-corrected chi connectivity index (χ3v) is 8.06. The summed E-state index contributed by atoms with van der Waals surface area (Å²) in [5, 5.41) is 29.1. The number of aryl methyl sites for hydroxylation is 2. The standard InChI is InChI=1S/C26H31ClFN5O3/c1-25(2,35)20-10-21(33(4)31-20)26(36)11-15-7-14(8-16(15)12-26)22-23(32(3)13-29-22)24(34)30-17-5-6-19(28)18(27)9-17/h5-6,9-10,13-16,35-36H,7-8,11-12H2,1-4H3,(H,30,34). The van der Waals surface area contributed by atoms with Crippen LogP contribution in [0, 0.1) is 17.7 Å². The average Bonchev–Trinajstić information content (AvgIpc) is 3.52. The van der Waals surface area contributed by atoms with Crippen LogP contribution in [-0.4, -0.2) is 35.5 Å². The lowest BCUT2D eigenvalue weighted by molar-refractivity contribution is 0.0263. The van der Waals surface area contributed by atoms with Crippen molar-refractivity contribution in [3.63, 3.8) is 0 Å². The van der Waals surface area contributed by atoms with Crippen LogP contribution < -0.4 is 5.32 Å². The molecule has 2 fully saturated rings. The first-order valence-electron chi connectivity index (χ1n) is 12.1. The summed E-state index contributed by atoms with van der Waals surface area (Å²) < 4.78 is 16.9. The predicted octanol–water partition coefficient (Wildman–Crippen LogP) is 4.22. The maximum Gasteiger partial charge on any atom is 0.274 e. The van der Waals surface area contributed by atoms with Crippen molar-refractivity contribution in [2.75, 3.05) is 5.32 Å². The molecule has 2 atom stereocenters. The fraction of sp³-hybridized carbons (Fsp3) is 0.500. The number of nitrogens with one attached hydrogen (secondary N) is 1. The van der Waals surface area contributed by atoms with Gasteiger partial charge in [0.15, 0.2) is 0 Å². The number of aliphatic hydroxyl groups is 2. The number of hydrogen-bond donors (Lipinski definition) is 3. The van der Waals surface area contributed by atoms with E-state index < -0.39 is 17.0 Å². The number of nitrogens with zero attached hydrogens (tertiary/aromatic N) is 4. The highest BCUT2D eigenvalue weighted by Gasteiger charge is 2.52. The van der Waals surface area contributed by atoms with E-state index in [1.165, 1.54) is 18.2 Å². The molecule has 2 saturated carbocycles. The lowest BCUT2D eigenvalue weighted by atomic mass is 9.89. The van der Waals surface area contributed by atoms with E-state index in [1.807, 2.05) is 0 Å². The number of hydrogen-bond acceptors (Lipinski definition) is 5. The highest BCUT2D eigenvalue weighted by Crippen LogP contribution is 2.57. The van der Waals surface area contributed by atoms with Crippen molar-refractivity contribution >= 4 is 23.2 Å². The Morgan fingerprint density at radius 1 is 1.22 bits per heavy atom. The highest BCUT2D eigenvalue weighted by atomic mass is 35.5. The number of amides is 1. The molecule has 2 aromatic heterocycles. The molecule has 10 heteroatoms. The molecule has 8 nitrogen and oxygen atoms in total. The van der Waals surface area contributed by atoms with Crippen LogP contribution in [0.1, 0.15) is 73.0 Å². The van der Waals surface area contributed by atoms with E-state index in [0.717, 1.165) is 24.2 Å². The van der Waals surface area contributed by atoms with Gasteiger partial charge in [0.05, 0.1) is 28.4 Å². The summed E-state index contributed by atoms with van der Waals surface area (Å²) in [4.78, 5) is 17.7. The average molecular weight is 516 g/mol. The van der Waals surface area contributed by atoms with E-state index in [9.17, 15) is 19.4 Å². The zero-order chi connectivity index (χ0) is 26.0. The molecule has 3 N–H and O–H groups in total. The van der Waals surface area contributed by atoms with Gasteiger partial charge in [-0.15, -0.1) is 0 Å². The molecule has 0 aliphatic heterocycles. The van der Waals surface area contributed by atoms with Gasteiger partial charge in [0.25, 0.3) is 5.91 Å². The molecular formula is C26H31ClFN5O3. The first-order valence-corrected chi connectivity index (χ1v) is 12.5. The normalized spacial score (nSPS) is 25.8. The monoisotopic (exact) mass is 515 g/mol. The van der Waals surface area contributed by atoms with Crippen LogP contribution in [0.5, 0.6) is 0 Å². The van der Waals surface area contributed by atoms with Gasteiger partial charge in [0.1, 0.15) is 22.7 Å². The van der Waals surface area contributed by atoms with Crippen LogP contribution in [0.2, 0.25) is 5.02 Å². The summed E-state index contributed by atoms with van der Waals surface area (Å²) in [6, 6.07) is 5.88. The zero-order valence-electron chi connectivity index (χ0n) is 20.8. The Morgan fingerprint density at radius 3 is 2.47 bits per heavy atom. The number of carbonyl (C=O) groups excluding carboxylic acids is 1. The second-order valence-corrected chi connectivity index (χ2v) is 11.3. The molecule has 0 saturated heterocycles. The molecule has 3 aromatic rings. The molecule has 1 aromatic carbocycles. The van der Waals surface area contributed by atoms with Gasteiger partial charge in [-0.25, -0.2) is 9.37 Å². The maximum atomic E-state index is 13.5. The first-order chi connectivity index (χ1) is 16.9. The number of halogens is 2. The molecule has 2 unspecified atom stereocenters. The van der Waals surface area contributed by atoms with E-state index in [2.05, 4.69) is 15.4 Å². The smallest absolute Gasteiger partial charge is 0.274 e. The summed E-state index contributed by atoms with van der Waals surface area (Å²) in [6.45, 7) is 3.37. The molecule has 2 aliphatic rings. The predicted molar refractivity (Wildman–Crippen MR) is 133 cm³/mol. The quantitative estimate of drug-likeness (QED) is 0.472. The Bertz CT molecular complexity index is 1310. The van der Waals surface area contributed by atoms with E-state index in [-0.39, 0.29) is 28.7 Å². The molecule has 0 spiro atoms. The SMILES string of the molecule is Cn1cnc(C2CC3CC(O)(c4cc(C(C)(C)O)nn4C)CC3C2)c1C(=O)Nc1ccc(F)c(Cl)c1. The molecule has 192 valence electrons. The lowest BCUT2D eigenvalue weighted by Crippen LogP contribution is -2.26. The Balaban J connectivity index is 1.32. The maximum absolute atomic E-state index is 13.5. The number of anilines is 1. The van der Waals surface area contributed by atoms with Crippen molar-refractivity contribution in [2.45, 2.75) is 56.7 Å². The molecule has 5 rings (SSSR count). The van der Waals surface area contributed by atoms with Crippen molar-refractivity contribution in [2.24, 2.45) is 25.9 Å².